The molecule has 2 aromatic rings. The molecule has 148 valence electrons. The average molecular weight is 382 g/mol. The van der Waals surface area contributed by atoms with Gasteiger partial charge in [-0.15, -0.1) is 0 Å². The van der Waals surface area contributed by atoms with Crippen LogP contribution < -0.4 is 0 Å². The Balaban J connectivity index is 1.43. The number of amides is 2. The van der Waals surface area contributed by atoms with Gasteiger partial charge in [0, 0.05) is 62.5 Å². The van der Waals surface area contributed by atoms with Crippen molar-refractivity contribution < 1.29 is 9.59 Å². The topological polar surface area (TPSA) is 95.1 Å². The summed E-state index contributed by atoms with van der Waals surface area (Å²) in [6.07, 6.45) is 10.8. The van der Waals surface area contributed by atoms with Gasteiger partial charge in [-0.05, 0) is 26.2 Å². The van der Waals surface area contributed by atoms with Gasteiger partial charge in [-0.1, -0.05) is 0 Å². The van der Waals surface area contributed by atoms with Crippen molar-refractivity contribution in [3.05, 3.63) is 42.0 Å². The molecule has 0 aliphatic carbocycles. The first-order chi connectivity index (χ1) is 13.5. The minimum absolute atomic E-state index is 0.0199. The van der Waals surface area contributed by atoms with Crippen LogP contribution in [0.25, 0.3) is 0 Å². The number of carbonyl (C=O) groups excluding carboxylic acids is 2. The normalized spacial score (nSPS) is 22.7. The molecule has 4 heterocycles. The number of carbonyl (C=O) groups is 2. The minimum Gasteiger partial charge on any atom is -0.348 e. The highest BCUT2D eigenvalue weighted by atomic mass is 16.2. The van der Waals surface area contributed by atoms with E-state index in [2.05, 4.69) is 19.9 Å². The van der Waals surface area contributed by atoms with Crippen LogP contribution in [0.2, 0.25) is 0 Å². The van der Waals surface area contributed by atoms with Gasteiger partial charge in [0.1, 0.15) is 5.69 Å². The maximum atomic E-state index is 12.9. The summed E-state index contributed by atoms with van der Waals surface area (Å²) in [6, 6.07) is 0. The van der Waals surface area contributed by atoms with Crippen LogP contribution in [0, 0.1) is 12.3 Å². The van der Waals surface area contributed by atoms with E-state index in [1.165, 1.54) is 0 Å². The monoisotopic (exact) mass is 382 g/mol. The number of imidazole rings is 1. The molecule has 1 N–H and O–H groups in total. The molecule has 2 saturated heterocycles. The van der Waals surface area contributed by atoms with Gasteiger partial charge in [0.2, 0.25) is 5.91 Å². The minimum atomic E-state index is -0.0625. The Morgan fingerprint density at radius 3 is 2.86 bits per heavy atom. The zero-order chi connectivity index (χ0) is 19.6. The molecule has 2 aliphatic rings. The first-order valence-electron chi connectivity index (χ1n) is 9.88. The summed E-state index contributed by atoms with van der Waals surface area (Å²) in [6.45, 7) is 4.66. The molecule has 2 fully saturated rings. The SMILES string of the molecule is Cc1cnc(C(=O)N2CCC[C@@]3(CCC(=O)N(CCc4cnc[nH]4)C3)C2)cn1. The van der Waals surface area contributed by atoms with Crippen LogP contribution in [-0.4, -0.2) is 67.7 Å². The van der Waals surface area contributed by atoms with Crippen molar-refractivity contribution in [2.24, 2.45) is 5.41 Å². The lowest BCUT2D eigenvalue weighted by Crippen LogP contribution is -2.55. The van der Waals surface area contributed by atoms with Crippen LogP contribution in [0.15, 0.2) is 24.9 Å². The van der Waals surface area contributed by atoms with E-state index in [-0.39, 0.29) is 17.2 Å². The fourth-order valence-electron chi connectivity index (χ4n) is 4.36. The van der Waals surface area contributed by atoms with Gasteiger partial charge in [-0.25, -0.2) is 9.97 Å². The Morgan fingerprint density at radius 1 is 1.21 bits per heavy atom. The van der Waals surface area contributed by atoms with E-state index in [1.807, 2.05) is 16.7 Å². The summed E-state index contributed by atoms with van der Waals surface area (Å²) >= 11 is 0. The molecule has 0 aromatic carbocycles. The standard InChI is InChI=1S/C20H26N6O2/c1-15-9-23-17(11-22-15)19(28)26-7-2-5-20(13-26)6-3-18(27)25(12-20)8-4-16-10-21-14-24-16/h9-11,14H,2-8,12-13H2,1H3,(H,21,24)/t20-/m0/s1. The quantitative estimate of drug-likeness (QED) is 0.867. The Kier molecular flexibility index (Phi) is 5.11. The number of H-pyrrole nitrogens is 1. The summed E-state index contributed by atoms with van der Waals surface area (Å²) in [5, 5.41) is 0. The van der Waals surface area contributed by atoms with Crippen LogP contribution in [0.1, 0.15) is 47.6 Å². The summed E-state index contributed by atoms with van der Waals surface area (Å²) in [7, 11) is 0. The summed E-state index contributed by atoms with van der Waals surface area (Å²) in [4.78, 5) is 44.8. The van der Waals surface area contributed by atoms with E-state index >= 15 is 0 Å². The first-order valence-corrected chi connectivity index (χ1v) is 9.88. The van der Waals surface area contributed by atoms with Crippen molar-refractivity contribution in [2.45, 2.75) is 39.0 Å². The molecular formula is C20H26N6O2. The van der Waals surface area contributed by atoms with Crippen LogP contribution in [0.5, 0.6) is 0 Å². The molecule has 8 heteroatoms. The second kappa shape index (κ2) is 7.69. The molecule has 0 bridgehead atoms. The summed E-state index contributed by atoms with van der Waals surface area (Å²) in [5.74, 6) is 0.144. The third-order valence-electron chi connectivity index (χ3n) is 5.90. The van der Waals surface area contributed by atoms with Crippen LogP contribution in [-0.2, 0) is 11.2 Å². The van der Waals surface area contributed by atoms with Gasteiger partial charge in [0.25, 0.3) is 5.91 Å². The molecular weight excluding hydrogens is 356 g/mol. The smallest absolute Gasteiger partial charge is 0.274 e. The number of nitrogens with zero attached hydrogens (tertiary/aromatic N) is 5. The predicted octanol–water partition coefficient (Wildman–Crippen LogP) is 1.60. The van der Waals surface area contributed by atoms with E-state index in [0.29, 0.717) is 31.7 Å². The highest BCUT2D eigenvalue weighted by molar-refractivity contribution is 5.92. The predicted molar refractivity (Wildman–Crippen MR) is 102 cm³/mol. The number of aromatic nitrogens is 4. The molecule has 28 heavy (non-hydrogen) atoms. The van der Waals surface area contributed by atoms with Crippen molar-refractivity contribution in [3.63, 3.8) is 0 Å². The largest absolute Gasteiger partial charge is 0.348 e. The van der Waals surface area contributed by atoms with Gasteiger partial charge in [-0.3, -0.25) is 14.6 Å². The molecule has 0 unspecified atom stereocenters. The molecule has 2 amide bonds. The van der Waals surface area contributed by atoms with Gasteiger partial charge in [0.15, 0.2) is 0 Å². The second-order valence-corrected chi connectivity index (χ2v) is 8.02. The number of rotatable bonds is 4. The summed E-state index contributed by atoms with van der Waals surface area (Å²) < 4.78 is 0. The maximum absolute atomic E-state index is 12.9. The van der Waals surface area contributed by atoms with Crippen LogP contribution >= 0.6 is 0 Å². The maximum Gasteiger partial charge on any atom is 0.274 e. The second-order valence-electron chi connectivity index (χ2n) is 8.02. The van der Waals surface area contributed by atoms with Gasteiger partial charge >= 0.3 is 0 Å². The van der Waals surface area contributed by atoms with Gasteiger partial charge in [-0.2, -0.15) is 0 Å². The number of likely N-dealkylation sites (tertiary alicyclic amines) is 2. The lowest BCUT2D eigenvalue weighted by atomic mass is 9.73. The fraction of sp³-hybridized carbons (Fsp3) is 0.550. The average Bonchev–Trinajstić information content (AvgIpc) is 3.23. The molecule has 1 spiro atoms. The molecule has 1 atom stereocenters. The Bertz CT molecular complexity index is 835. The zero-order valence-corrected chi connectivity index (χ0v) is 16.2. The first kappa shape index (κ1) is 18.6. The van der Waals surface area contributed by atoms with Gasteiger partial charge in [0.05, 0.1) is 18.2 Å². The third-order valence-corrected chi connectivity index (χ3v) is 5.90. The van der Waals surface area contributed by atoms with E-state index in [4.69, 9.17) is 0 Å². The van der Waals surface area contributed by atoms with Crippen LogP contribution in [0.3, 0.4) is 0 Å². The van der Waals surface area contributed by atoms with Crippen LogP contribution in [0.4, 0.5) is 0 Å². The zero-order valence-electron chi connectivity index (χ0n) is 16.2. The number of piperidine rings is 2. The molecule has 2 aliphatic heterocycles. The van der Waals surface area contributed by atoms with E-state index in [9.17, 15) is 9.59 Å². The van der Waals surface area contributed by atoms with Crippen molar-refractivity contribution in [2.75, 3.05) is 26.2 Å². The lowest BCUT2D eigenvalue weighted by Gasteiger charge is -2.48. The highest BCUT2D eigenvalue weighted by Crippen LogP contribution is 2.39. The van der Waals surface area contributed by atoms with Crippen molar-refractivity contribution in [1.29, 1.82) is 0 Å². The Hall–Kier alpha value is -2.77. The van der Waals surface area contributed by atoms with E-state index in [0.717, 1.165) is 43.6 Å². The molecule has 0 radical (unpaired) electrons. The number of hydrogen-bond acceptors (Lipinski definition) is 5. The van der Waals surface area contributed by atoms with E-state index < -0.39 is 0 Å². The molecule has 2 aromatic heterocycles. The Labute approximate surface area is 164 Å². The number of hydrogen-bond donors (Lipinski definition) is 1. The Morgan fingerprint density at radius 2 is 2.11 bits per heavy atom. The third kappa shape index (κ3) is 3.90. The van der Waals surface area contributed by atoms with Gasteiger partial charge < -0.3 is 14.8 Å². The van der Waals surface area contributed by atoms with Crippen molar-refractivity contribution in [3.8, 4) is 0 Å². The van der Waals surface area contributed by atoms with Crippen molar-refractivity contribution in [1.82, 2.24) is 29.7 Å². The molecule has 4 rings (SSSR count). The number of nitrogens with one attached hydrogen (secondary N) is 1. The van der Waals surface area contributed by atoms with Crippen molar-refractivity contribution >= 4 is 11.8 Å². The number of aromatic amines is 1. The number of aryl methyl sites for hydroxylation is 1. The molecule has 0 saturated carbocycles. The van der Waals surface area contributed by atoms with E-state index in [1.54, 1.807) is 24.9 Å². The molecule has 8 nitrogen and oxygen atoms in total. The fourth-order valence-corrected chi connectivity index (χ4v) is 4.36. The highest BCUT2D eigenvalue weighted by Gasteiger charge is 2.42. The lowest BCUT2D eigenvalue weighted by molar-refractivity contribution is -0.138. The summed E-state index contributed by atoms with van der Waals surface area (Å²) in [5.41, 5.74) is 2.20.